The first-order valence-corrected chi connectivity index (χ1v) is 10.9. The van der Waals surface area contributed by atoms with Crippen LogP contribution in [0.3, 0.4) is 0 Å². The fourth-order valence-electron chi connectivity index (χ4n) is 3.54. The molecule has 0 radical (unpaired) electrons. The zero-order valence-electron chi connectivity index (χ0n) is 16.0. The van der Waals surface area contributed by atoms with E-state index in [2.05, 4.69) is 10.3 Å². The van der Waals surface area contributed by atoms with E-state index < -0.39 is 49.0 Å². The molecule has 4 nitrogen and oxygen atoms in total. The number of halogens is 7. The Labute approximate surface area is 179 Å². The lowest BCUT2D eigenvalue weighted by atomic mass is 9.91. The van der Waals surface area contributed by atoms with Crippen LogP contribution < -0.4 is 5.32 Å². The van der Waals surface area contributed by atoms with Crippen LogP contribution in [-0.2, 0) is 22.2 Å². The molecule has 12 heteroatoms. The Balaban J connectivity index is 1.95. The minimum atomic E-state index is -4.71. The number of hydrogen-bond acceptors (Lipinski definition) is 4. The van der Waals surface area contributed by atoms with Crippen molar-refractivity contribution in [3.05, 3.63) is 58.4 Å². The van der Waals surface area contributed by atoms with Crippen molar-refractivity contribution in [2.24, 2.45) is 0 Å². The fourth-order valence-corrected chi connectivity index (χ4v) is 5.70. The van der Waals surface area contributed by atoms with Gasteiger partial charge in [-0.1, -0.05) is 17.7 Å². The van der Waals surface area contributed by atoms with E-state index in [1.54, 1.807) is 0 Å². The van der Waals surface area contributed by atoms with Crippen molar-refractivity contribution in [2.75, 3.05) is 6.54 Å². The third-order valence-corrected chi connectivity index (χ3v) is 8.17. The lowest BCUT2D eigenvalue weighted by Gasteiger charge is -2.38. The summed E-state index contributed by atoms with van der Waals surface area (Å²) >= 11 is 5.99. The Kier molecular flexibility index (Phi) is 6.09. The highest BCUT2D eigenvalue weighted by molar-refractivity contribution is 7.92. The smallest absolute Gasteiger partial charge is 0.308 e. The van der Waals surface area contributed by atoms with Crippen molar-refractivity contribution < 1.29 is 34.8 Å². The molecular weight excluding hydrogens is 470 g/mol. The molecule has 0 spiro atoms. The molecule has 0 saturated carbocycles. The highest BCUT2D eigenvalue weighted by Gasteiger charge is 2.46. The second kappa shape index (κ2) is 7.93. The number of pyridine rings is 1. The Morgan fingerprint density at radius 3 is 2.32 bits per heavy atom. The van der Waals surface area contributed by atoms with E-state index in [9.17, 15) is 34.8 Å². The number of alkyl halides is 6. The van der Waals surface area contributed by atoms with Crippen molar-refractivity contribution >= 4 is 21.4 Å². The van der Waals surface area contributed by atoms with Crippen LogP contribution in [-0.4, -0.2) is 24.7 Å². The largest absolute Gasteiger partial charge is 0.417 e. The summed E-state index contributed by atoms with van der Waals surface area (Å²) in [7, 11) is -4.22. The molecule has 3 rings (SSSR count). The first-order valence-electron chi connectivity index (χ1n) is 9.03. The third-order valence-electron chi connectivity index (χ3n) is 5.33. The van der Waals surface area contributed by atoms with Gasteiger partial charge < -0.3 is 5.32 Å². The summed E-state index contributed by atoms with van der Waals surface area (Å²) < 4.78 is 103. The van der Waals surface area contributed by atoms with Gasteiger partial charge in [0.05, 0.1) is 37.5 Å². The molecule has 1 N–H and O–H groups in total. The highest BCUT2D eigenvalue weighted by atomic mass is 35.5. The Morgan fingerprint density at radius 2 is 1.74 bits per heavy atom. The number of rotatable bonds is 3. The zero-order chi connectivity index (χ0) is 23.2. The first kappa shape index (κ1) is 23.8. The normalized spacial score (nSPS) is 23.0. The van der Waals surface area contributed by atoms with E-state index in [-0.39, 0.29) is 30.1 Å². The maximum atomic E-state index is 13.2. The summed E-state index contributed by atoms with van der Waals surface area (Å²) in [5, 5.41) is 2.69. The second-order valence-electron chi connectivity index (χ2n) is 7.53. The summed E-state index contributed by atoms with van der Waals surface area (Å²) in [5.74, 6) is 0. The van der Waals surface area contributed by atoms with E-state index in [1.165, 1.54) is 6.92 Å². The lowest BCUT2D eigenvalue weighted by molar-refractivity contribution is -0.138. The van der Waals surface area contributed by atoms with Crippen LogP contribution in [0.4, 0.5) is 26.3 Å². The molecule has 0 aliphatic carbocycles. The molecule has 2 unspecified atom stereocenters. The summed E-state index contributed by atoms with van der Waals surface area (Å²) in [5.41, 5.74) is -2.09. The van der Waals surface area contributed by atoms with E-state index in [0.29, 0.717) is 18.3 Å². The van der Waals surface area contributed by atoms with Crippen molar-refractivity contribution in [1.82, 2.24) is 10.3 Å². The summed E-state index contributed by atoms with van der Waals surface area (Å²) in [6, 6.07) is 3.38. The fraction of sp³-hybridized carbons (Fsp3) is 0.421. The van der Waals surface area contributed by atoms with Crippen molar-refractivity contribution in [3.8, 4) is 0 Å². The van der Waals surface area contributed by atoms with Gasteiger partial charge in [-0.2, -0.15) is 26.3 Å². The minimum absolute atomic E-state index is 0.0415. The molecule has 0 bridgehead atoms. The number of sulfone groups is 1. The minimum Gasteiger partial charge on any atom is -0.308 e. The van der Waals surface area contributed by atoms with Crippen LogP contribution >= 0.6 is 11.6 Å². The Hall–Kier alpha value is -1.85. The van der Waals surface area contributed by atoms with E-state index in [0.717, 1.165) is 18.2 Å². The van der Waals surface area contributed by atoms with Crippen LogP contribution in [0.1, 0.15) is 42.6 Å². The molecule has 2 heterocycles. The number of piperidine rings is 1. The highest BCUT2D eigenvalue weighted by Crippen LogP contribution is 2.42. The zero-order valence-corrected chi connectivity index (χ0v) is 17.6. The molecule has 1 aliphatic heterocycles. The SMILES string of the molecule is CC1(S(=O)(=O)c2cccc(C(F)(F)F)c2)CCNC(c2ncc(C(F)(F)F)cc2Cl)C1. The molecule has 1 aromatic heterocycles. The second-order valence-corrected chi connectivity index (χ2v) is 10.4. The van der Waals surface area contributed by atoms with Gasteiger partial charge in [-0.25, -0.2) is 8.42 Å². The average Bonchev–Trinajstić information content (AvgIpc) is 2.66. The lowest BCUT2D eigenvalue weighted by Crippen LogP contribution is -2.47. The molecule has 170 valence electrons. The monoisotopic (exact) mass is 486 g/mol. The first-order chi connectivity index (χ1) is 14.1. The van der Waals surface area contributed by atoms with Crippen LogP contribution in [0.15, 0.2) is 41.4 Å². The summed E-state index contributed by atoms with van der Waals surface area (Å²) in [4.78, 5) is 3.30. The molecule has 1 aliphatic rings. The van der Waals surface area contributed by atoms with Gasteiger partial charge in [-0.15, -0.1) is 0 Å². The predicted octanol–water partition coefficient (Wildman–Crippen LogP) is 5.43. The van der Waals surface area contributed by atoms with Gasteiger partial charge in [0.2, 0.25) is 0 Å². The van der Waals surface area contributed by atoms with Gasteiger partial charge in [0.1, 0.15) is 0 Å². The maximum Gasteiger partial charge on any atom is 0.417 e. The predicted molar refractivity (Wildman–Crippen MR) is 101 cm³/mol. The van der Waals surface area contributed by atoms with Gasteiger partial charge in [0, 0.05) is 6.20 Å². The van der Waals surface area contributed by atoms with E-state index in [1.807, 2.05) is 0 Å². The molecule has 1 aromatic carbocycles. The maximum absolute atomic E-state index is 13.2. The number of nitrogens with zero attached hydrogens (tertiary/aromatic N) is 1. The molecule has 1 saturated heterocycles. The van der Waals surface area contributed by atoms with Gasteiger partial charge >= 0.3 is 12.4 Å². The molecule has 1 fully saturated rings. The number of aromatic nitrogens is 1. The Bertz CT molecular complexity index is 1090. The number of benzene rings is 1. The van der Waals surface area contributed by atoms with Crippen LogP contribution in [0.2, 0.25) is 5.02 Å². The van der Waals surface area contributed by atoms with Crippen LogP contribution in [0.5, 0.6) is 0 Å². The number of nitrogens with one attached hydrogen (secondary N) is 1. The molecular formula is C19H17ClF6N2O2S. The van der Waals surface area contributed by atoms with Gasteiger partial charge in [-0.3, -0.25) is 4.98 Å². The van der Waals surface area contributed by atoms with Crippen molar-refractivity contribution in [2.45, 2.75) is 47.8 Å². The van der Waals surface area contributed by atoms with E-state index >= 15 is 0 Å². The number of hydrogen-bond donors (Lipinski definition) is 1. The average molecular weight is 487 g/mol. The molecule has 31 heavy (non-hydrogen) atoms. The Morgan fingerprint density at radius 1 is 1.10 bits per heavy atom. The summed E-state index contributed by atoms with van der Waals surface area (Å²) in [6.45, 7) is 1.55. The third kappa shape index (κ3) is 4.68. The van der Waals surface area contributed by atoms with Crippen LogP contribution in [0, 0.1) is 0 Å². The molecule has 2 atom stereocenters. The van der Waals surface area contributed by atoms with Crippen LogP contribution in [0.25, 0.3) is 0 Å². The van der Waals surface area contributed by atoms with Gasteiger partial charge in [0.25, 0.3) is 0 Å². The summed E-state index contributed by atoms with van der Waals surface area (Å²) in [6.07, 6.45) is -8.79. The standard InChI is InChI=1S/C19H17ClF6N2O2S/c1-17(31(29,30)13-4-2-3-11(7-13)18(21,22)23)5-6-27-15(9-17)16-14(20)8-12(10-28-16)19(24,25)26/h2-4,7-8,10,15,27H,5-6,9H2,1H3. The molecule has 2 aromatic rings. The topological polar surface area (TPSA) is 59.1 Å². The van der Waals surface area contributed by atoms with Crippen molar-refractivity contribution in [3.63, 3.8) is 0 Å². The van der Waals surface area contributed by atoms with Gasteiger partial charge in [0.15, 0.2) is 9.84 Å². The van der Waals surface area contributed by atoms with E-state index in [4.69, 9.17) is 11.6 Å². The van der Waals surface area contributed by atoms with Gasteiger partial charge in [-0.05, 0) is 50.6 Å². The molecule has 0 amide bonds. The quantitative estimate of drug-likeness (QED) is 0.588. The van der Waals surface area contributed by atoms with Crippen molar-refractivity contribution in [1.29, 1.82) is 0 Å².